The molecule has 2 unspecified atom stereocenters. The Morgan fingerprint density at radius 2 is 2.04 bits per heavy atom. The molecule has 6 heteroatoms. The van der Waals surface area contributed by atoms with E-state index in [-0.39, 0.29) is 12.1 Å². The number of benzene rings is 1. The lowest BCUT2D eigenvalue weighted by atomic mass is 10.0. The summed E-state index contributed by atoms with van der Waals surface area (Å²) in [5, 5.41) is 3.14. The number of fused-ring (bicyclic) bond motifs is 1. The molecule has 25 heavy (non-hydrogen) atoms. The first kappa shape index (κ1) is 18.0. The summed E-state index contributed by atoms with van der Waals surface area (Å²) in [6.45, 7) is 10.2. The maximum absolute atomic E-state index is 12.2. The van der Waals surface area contributed by atoms with Gasteiger partial charge >= 0.3 is 0 Å². The van der Waals surface area contributed by atoms with Crippen molar-refractivity contribution in [1.29, 1.82) is 0 Å². The average molecular weight is 347 g/mol. The molecule has 0 spiro atoms. The SMILES string of the molecule is CCN(C(C)Cc1ccc2c(c1)OCO2)C(C)NC(=O)CN1CCC1. The van der Waals surface area contributed by atoms with Gasteiger partial charge in [-0.15, -0.1) is 0 Å². The van der Waals surface area contributed by atoms with Gasteiger partial charge in [-0.1, -0.05) is 13.0 Å². The number of hydrogen-bond acceptors (Lipinski definition) is 5. The molecule has 0 saturated carbocycles. The first-order valence-electron chi connectivity index (χ1n) is 9.22. The number of carbonyl (C=O) groups excluding carboxylic acids is 1. The van der Waals surface area contributed by atoms with Gasteiger partial charge in [0.25, 0.3) is 0 Å². The fourth-order valence-corrected chi connectivity index (χ4v) is 3.60. The quantitative estimate of drug-likeness (QED) is 0.727. The van der Waals surface area contributed by atoms with Crippen LogP contribution in [0, 0.1) is 0 Å². The van der Waals surface area contributed by atoms with E-state index in [2.05, 4.69) is 48.0 Å². The number of rotatable bonds is 8. The van der Waals surface area contributed by atoms with Crippen molar-refractivity contribution in [3.05, 3.63) is 23.8 Å². The summed E-state index contributed by atoms with van der Waals surface area (Å²) < 4.78 is 10.8. The lowest BCUT2D eigenvalue weighted by Gasteiger charge is -2.35. The standard InChI is InChI=1S/C19H29N3O3/c1-4-22(15(3)20-19(23)12-21-8-5-9-21)14(2)10-16-6-7-17-18(11-16)25-13-24-17/h6-7,11,14-15H,4-5,8-10,12-13H2,1-3H3,(H,20,23). The molecular formula is C19H29N3O3. The van der Waals surface area contributed by atoms with Crippen molar-refractivity contribution in [2.45, 2.75) is 45.8 Å². The number of amides is 1. The molecule has 0 aliphatic carbocycles. The summed E-state index contributed by atoms with van der Waals surface area (Å²) in [7, 11) is 0. The fraction of sp³-hybridized carbons (Fsp3) is 0.632. The second kappa shape index (κ2) is 8.06. The van der Waals surface area contributed by atoms with Gasteiger partial charge < -0.3 is 14.8 Å². The maximum atomic E-state index is 12.2. The van der Waals surface area contributed by atoms with E-state index < -0.39 is 0 Å². The Morgan fingerprint density at radius 3 is 2.72 bits per heavy atom. The van der Waals surface area contributed by atoms with Crippen LogP contribution in [0.1, 0.15) is 32.8 Å². The summed E-state index contributed by atoms with van der Waals surface area (Å²) in [6, 6.07) is 6.42. The van der Waals surface area contributed by atoms with Crippen LogP contribution < -0.4 is 14.8 Å². The van der Waals surface area contributed by atoms with E-state index in [1.807, 2.05) is 6.07 Å². The first-order chi connectivity index (χ1) is 12.1. The number of nitrogens with zero attached hydrogens (tertiary/aromatic N) is 2. The highest BCUT2D eigenvalue weighted by Gasteiger charge is 2.23. The minimum Gasteiger partial charge on any atom is -0.454 e. The molecule has 138 valence electrons. The Kier molecular flexibility index (Phi) is 5.81. The number of hydrogen-bond donors (Lipinski definition) is 1. The zero-order valence-corrected chi connectivity index (χ0v) is 15.5. The van der Waals surface area contributed by atoms with Crippen LogP contribution >= 0.6 is 0 Å². The molecule has 1 aromatic carbocycles. The second-order valence-electron chi connectivity index (χ2n) is 6.94. The molecule has 1 aromatic rings. The number of likely N-dealkylation sites (tertiary alicyclic amines) is 1. The van der Waals surface area contributed by atoms with Crippen LogP contribution in [0.4, 0.5) is 0 Å². The van der Waals surface area contributed by atoms with Crippen molar-refractivity contribution in [3.8, 4) is 11.5 Å². The van der Waals surface area contributed by atoms with Crippen LogP contribution in [0.3, 0.4) is 0 Å². The topological polar surface area (TPSA) is 54.0 Å². The Hall–Kier alpha value is -1.79. The van der Waals surface area contributed by atoms with E-state index in [4.69, 9.17) is 9.47 Å². The predicted molar refractivity (Wildman–Crippen MR) is 96.8 cm³/mol. The lowest BCUT2D eigenvalue weighted by molar-refractivity contribution is -0.125. The van der Waals surface area contributed by atoms with Crippen molar-refractivity contribution in [2.75, 3.05) is 33.0 Å². The predicted octanol–water partition coefficient (Wildman–Crippen LogP) is 1.84. The van der Waals surface area contributed by atoms with E-state index >= 15 is 0 Å². The van der Waals surface area contributed by atoms with E-state index in [9.17, 15) is 4.79 Å². The van der Waals surface area contributed by atoms with Gasteiger partial charge in [0, 0.05) is 6.04 Å². The Labute approximate surface area is 150 Å². The Balaban J connectivity index is 1.54. The van der Waals surface area contributed by atoms with E-state index in [0.29, 0.717) is 19.4 Å². The second-order valence-corrected chi connectivity index (χ2v) is 6.94. The average Bonchev–Trinajstić information content (AvgIpc) is 2.99. The normalized spacial score (nSPS) is 18.7. The molecule has 2 aliphatic heterocycles. The molecule has 2 atom stereocenters. The largest absolute Gasteiger partial charge is 0.454 e. The third-order valence-electron chi connectivity index (χ3n) is 5.08. The fourth-order valence-electron chi connectivity index (χ4n) is 3.60. The van der Waals surface area contributed by atoms with Crippen molar-refractivity contribution < 1.29 is 14.3 Å². The van der Waals surface area contributed by atoms with Crippen LogP contribution in [0.5, 0.6) is 11.5 Å². The molecular weight excluding hydrogens is 318 g/mol. The van der Waals surface area contributed by atoms with E-state index in [1.54, 1.807) is 0 Å². The monoisotopic (exact) mass is 347 g/mol. The minimum atomic E-state index is 0.0165. The van der Waals surface area contributed by atoms with Crippen LogP contribution in [-0.2, 0) is 11.2 Å². The maximum Gasteiger partial charge on any atom is 0.235 e. The van der Waals surface area contributed by atoms with E-state index in [1.165, 1.54) is 12.0 Å². The molecule has 3 rings (SSSR count). The molecule has 0 radical (unpaired) electrons. The molecule has 6 nitrogen and oxygen atoms in total. The number of carbonyl (C=O) groups is 1. The van der Waals surface area contributed by atoms with Crippen molar-refractivity contribution in [3.63, 3.8) is 0 Å². The summed E-state index contributed by atoms with van der Waals surface area (Å²) in [4.78, 5) is 16.7. The number of ether oxygens (including phenoxy) is 2. The van der Waals surface area contributed by atoms with Gasteiger partial charge in [-0.3, -0.25) is 14.6 Å². The van der Waals surface area contributed by atoms with Crippen molar-refractivity contribution in [1.82, 2.24) is 15.1 Å². The van der Waals surface area contributed by atoms with Gasteiger partial charge in [0.1, 0.15) is 0 Å². The minimum absolute atomic E-state index is 0.0165. The van der Waals surface area contributed by atoms with Crippen molar-refractivity contribution in [2.24, 2.45) is 0 Å². The third kappa shape index (κ3) is 4.44. The molecule has 2 aliphatic rings. The highest BCUT2D eigenvalue weighted by Crippen LogP contribution is 2.33. The van der Waals surface area contributed by atoms with Gasteiger partial charge in [-0.25, -0.2) is 0 Å². The summed E-state index contributed by atoms with van der Waals surface area (Å²) >= 11 is 0. The van der Waals surface area contributed by atoms with E-state index in [0.717, 1.165) is 37.6 Å². The smallest absolute Gasteiger partial charge is 0.235 e. The highest BCUT2D eigenvalue weighted by atomic mass is 16.7. The molecule has 2 heterocycles. The van der Waals surface area contributed by atoms with Crippen molar-refractivity contribution >= 4 is 5.91 Å². The van der Waals surface area contributed by atoms with Gasteiger partial charge in [-0.2, -0.15) is 0 Å². The molecule has 1 saturated heterocycles. The van der Waals surface area contributed by atoms with Gasteiger partial charge in [0.15, 0.2) is 11.5 Å². The third-order valence-corrected chi connectivity index (χ3v) is 5.08. The number of nitrogens with one attached hydrogen (secondary N) is 1. The Morgan fingerprint density at radius 1 is 1.28 bits per heavy atom. The summed E-state index contributed by atoms with van der Waals surface area (Å²) in [5.41, 5.74) is 1.22. The molecule has 1 fully saturated rings. The lowest BCUT2D eigenvalue weighted by Crippen LogP contribution is -2.53. The molecule has 0 bridgehead atoms. The summed E-state index contributed by atoms with van der Waals surface area (Å²) in [5.74, 6) is 1.75. The van der Waals surface area contributed by atoms with Crippen LogP contribution in [0.25, 0.3) is 0 Å². The van der Waals surface area contributed by atoms with Crippen LogP contribution in [-0.4, -0.2) is 60.9 Å². The Bertz CT molecular complexity index is 604. The van der Waals surface area contributed by atoms with Gasteiger partial charge in [-0.05, 0) is 64.0 Å². The molecule has 0 aromatic heterocycles. The zero-order valence-electron chi connectivity index (χ0n) is 15.5. The zero-order chi connectivity index (χ0) is 17.8. The van der Waals surface area contributed by atoms with Crippen LogP contribution in [0.15, 0.2) is 18.2 Å². The summed E-state index contributed by atoms with van der Waals surface area (Å²) in [6.07, 6.45) is 2.12. The van der Waals surface area contributed by atoms with Gasteiger partial charge in [0.2, 0.25) is 12.7 Å². The number of likely N-dealkylation sites (N-methyl/N-ethyl adjacent to an activating group) is 1. The first-order valence-corrected chi connectivity index (χ1v) is 9.22. The molecule has 1 amide bonds. The molecule has 1 N–H and O–H groups in total. The van der Waals surface area contributed by atoms with Gasteiger partial charge in [0.05, 0.1) is 12.7 Å². The highest BCUT2D eigenvalue weighted by molar-refractivity contribution is 5.78. The van der Waals surface area contributed by atoms with Crippen LogP contribution in [0.2, 0.25) is 0 Å².